The lowest BCUT2D eigenvalue weighted by Crippen LogP contribution is -2.23. The van der Waals surface area contributed by atoms with Gasteiger partial charge >= 0.3 is 0 Å². The monoisotopic (exact) mass is 519 g/mol. The van der Waals surface area contributed by atoms with Crippen LogP contribution in [0.5, 0.6) is 0 Å². The molecule has 7 rings (SSSR count). The molecule has 188 valence electrons. The van der Waals surface area contributed by atoms with Crippen molar-refractivity contribution in [3.8, 4) is 22.0 Å². The van der Waals surface area contributed by atoms with E-state index in [2.05, 4.69) is 49.1 Å². The topological polar surface area (TPSA) is 125 Å². The van der Waals surface area contributed by atoms with Crippen LogP contribution in [0.1, 0.15) is 31.4 Å². The summed E-state index contributed by atoms with van der Waals surface area (Å²) in [6, 6.07) is 12.0. The standard InChI is InChI=1S/C29H25N7OS/c30-15-18(13-19(12-16-3-4-16)32-29(37)17-5-6-17)21-7-8-23-27(34-21)28(36-35-23)24-14-20-22(33-24)9-10-31-26(20)25-2-1-11-38-25/h1-2,7-15,17,33H,3-6,30H2,(H,32,37)(H,35,36)/b18-15+,19-13+. The van der Waals surface area contributed by atoms with Crippen LogP contribution in [0.3, 0.4) is 0 Å². The van der Waals surface area contributed by atoms with Crippen LogP contribution in [0.2, 0.25) is 0 Å². The zero-order valence-corrected chi connectivity index (χ0v) is 21.3. The van der Waals surface area contributed by atoms with Crippen LogP contribution in [0.4, 0.5) is 0 Å². The van der Waals surface area contributed by atoms with Gasteiger partial charge in [-0.1, -0.05) is 11.6 Å². The Bertz CT molecular complexity index is 1780. The SMILES string of the molecule is N/C=C(\C=C(/C=C1CC1)NC(=O)C1CC1)c1ccc2[nH]nc(-c3cc4c(-c5cccs5)nccc4[nH]3)c2n1. The van der Waals surface area contributed by atoms with Crippen molar-refractivity contribution in [2.24, 2.45) is 11.7 Å². The van der Waals surface area contributed by atoms with E-state index < -0.39 is 0 Å². The summed E-state index contributed by atoms with van der Waals surface area (Å²) in [6.07, 6.45) is 11.3. The Morgan fingerprint density at radius 3 is 2.79 bits per heavy atom. The molecule has 5 heterocycles. The predicted octanol–water partition coefficient (Wildman–Crippen LogP) is 5.66. The molecular weight excluding hydrogens is 494 g/mol. The van der Waals surface area contributed by atoms with Crippen LogP contribution in [0, 0.1) is 5.92 Å². The number of nitrogens with zero attached hydrogens (tertiary/aromatic N) is 3. The van der Waals surface area contributed by atoms with Gasteiger partial charge in [-0.3, -0.25) is 14.9 Å². The molecular formula is C29H25N7OS. The summed E-state index contributed by atoms with van der Waals surface area (Å²) in [5.41, 5.74) is 14.6. The highest BCUT2D eigenvalue weighted by Crippen LogP contribution is 2.35. The van der Waals surface area contributed by atoms with Gasteiger partial charge in [-0.2, -0.15) is 5.10 Å². The lowest BCUT2D eigenvalue weighted by Gasteiger charge is -2.08. The van der Waals surface area contributed by atoms with E-state index in [0.717, 1.165) is 80.8 Å². The molecule has 0 saturated heterocycles. The highest BCUT2D eigenvalue weighted by atomic mass is 32.1. The van der Waals surface area contributed by atoms with Crippen molar-refractivity contribution in [1.82, 2.24) is 30.5 Å². The van der Waals surface area contributed by atoms with E-state index in [0.29, 0.717) is 5.69 Å². The van der Waals surface area contributed by atoms with Gasteiger partial charge in [-0.05, 0) is 73.5 Å². The zero-order valence-electron chi connectivity index (χ0n) is 20.5. The molecule has 5 aromatic heterocycles. The summed E-state index contributed by atoms with van der Waals surface area (Å²) in [6.45, 7) is 0. The van der Waals surface area contributed by atoms with Crippen molar-refractivity contribution >= 4 is 44.8 Å². The van der Waals surface area contributed by atoms with Gasteiger partial charge in [-0.15, -0.1) is 11.3 Å². The van der Waals surface area contributed by atoms with Crippen molar-refractivity contribution in [3.05, 3.63) is 83.3 Å². The number of thiophene rings is 1. The number of rotatable bonds is 7. The first kappa shape index (κ1) is 22.7. The molecule has 0 aromatic carbocycles. The molecule has 2 fully saturated rings. The van der Waals surface area contributed by atoms with Crippen molar-refractivity contribution in [2.75, 3.05) is 0 Å². The number of carbonyl (C=O) groups is 1. The van der Waals surface area contributed by atoms with Gasteiger partial charge < -0.3 is 16.0 Å². The Labute approximate surface area is 222 Å². The Morgan fingerprint density at radius 1 is 1.13 bits per heavy atom. The Balaban J connectivity index is 1.27. The highest BCUT2D eigenvalue weighted by molar-refractivity contribution is 7.13. The summed E-state index contributed by atoms with van der Waals surface area (Å²) in [7, 11) is 0. The van der Waals surface area contributed by atoms with E-state index >= 15 is 0 Å². The summed E-state index contributed by atoms with van der Waals surface area (Å²) >= 11 is 1.66. The second-order valence-corrected chi connectivity index (χ2v) is 10.7. The van der Waals surface area contributed by atoms with Crippen LogP contribution in [0.25, 0.3) is 49.5 Å². The predicted molar refractivity (Wildman–Crippen MR) is 151 cm³/mol. The fraction of sp³-hybridized carbons (Fsp3) is 0.172. The van der Waals surface area contributed by atoms with Crippen LogP contribution < -0.4 is 11.1 Å². The van der Waals surface area contributed by atoms with Crippen LogP contribution in [-0.2, 0) is 4.79 Å². The maximum Gasteiger partial charge on any atom is 0.227 e. The molecule has 0 spiro atoms. The maximum atomic E-state index is 12.5. The van der Waals surface area contributed by atoms with Gasteiger partial charge in [0.25, 0.3) is 0 Å². The second kappa shape index (κ2) is 9.11. The Morgan fingerprint density at radius 2 is 2.03 bits per heavy atom. The number of pyridine rings is 2. The fourth-order valence-electron chi connectivity index (χ4n) is 4.55. The number of amides is 1. The molecule has 0 atom stereocenters. The first-order chi connectivity index (χ1) is 18.7. The number of aromatic nitrogens is 5. The molecule has 9 heteroatoms. The third-order valence-corrected chi connectivity index (χ3v) is 7.74. The maximum absolute atomic E-state index is 12.5. The third-order valence-electron chi connectivity index (χ3n) is 6.87. The van der Waals surface area contributed by atoms with E-state index in [1.165, 1.54) is 11.8 Å². The molecule has 2 aliphatic carbocycles. The highest BCUT2D eigenvalue weighted by Gasteiger charge is 2.30. The molecule has 2 saturated carbocycles. The summed E-state index contributed by atoms with van der Waals surface area (Å²) in [5, 5.41) is 13.8. The molecule has 38 heavy (non-hydrogen) atoms. The van der Waals surface area contributed by atoms with E-state index in [1.54, 1.807) is 11.3 Å². The Hall–Kier alpha value is -4.50. The lowest BCUT2D eigenvalue weighted by molar-refractivity contribution is -0.121. The van der Waals surface area contributed by atoms with Crippen molar-refractivity contribution in [1.29, 1.82) is 0 Å². The minimum atomic E-state index is 0.0703. The molecule has 0 bridgehead atoms. The summed E-state index contributed by atoms with van der Waals surface area (Å²) in [5.74, 6) is 0.192. The van der Waals surface area contributed by atoms with E-state index in [1.807, 2.05) is 36.5 Å². The molecule has 0 radical (unpaired) electrons. The average Bonchev–Trinajstić information content (AvgIpc) is 3.79. The van der Waals surface area contributed by atoms with Gasteiger partial charge in [-0.25, -0.2) is 4.98 Å². The number of fused-ring (bicyclic) bond motifs is 2. The van der Waals surface area contributed by atoms with Crippen LogP contribution in [0.15, 0.2) is 77.6 Å². The average molecular weight is 520 g/mol. The number of nitrogens with one attached hydrogen (secondary N) is 3. The first-order valence-electron chi connectivity index (χ1n) is 12.7. The minimum Gasteiger partial charge on any atom is -0.404 e. The number of hydrogen-bond acceptors (Lipinski definition) is 6. The van der Waals surface area contributed by atoms with E-state index in [9.17, 15) is 4.79 Å². The van der Waals surface area contributed by atoms with Crippen molar-refractivity contribution in [2.45, 2.75) is 25.7 Å². The van der Waals surface area contributed by atoms with Gasteiger partial charge in [0.05, 0.1) is 27.5 Å². The molecule has 0 aliphatic heterocycles. The lowest BCUT2D eigenvalue weighted by atomic mass is 10.1. The molecule has 2 aliphatic rings. The summed E-state index contributed by atoms with van der Waals surface area (Å²) in [4.78, 5) is 26.6. The minimum absolute atomic E-state index is 0.0703. The van der Waals surface area contributed by atoms with E-state index in [4.69, 9.17) is 10.7 Å². The molecule has 8 nitrogen and oxygen atoms in total. The van der Waals surface area contributed by atoms with Crippen LogP contribution >= 0.6 is 11.3 Å². The zero-order chi connectivity index (χ0) is 25.6. The number of aromatic amines is 2. The largest absolute Gasteiger partial charge is 0.404 e. The molecule has 5 aromatic rings. The number of nitrogens with two attached hydrogens (primary N) is 1. The normalized spacial score (nSPS) is 15.8. The van der Waals surface area contributed by atoms with Crippen LogP contribution in [-0.4, -0.2) is 31.1 Å². The van der Waals surface area contributed by atoms with E-state index in [-0.39, 0.29) is 11.8 Å². The van der Waals surface area contributed by atoms with Gasteiger partial charge in [0.1, 0.15) is 11.2 Å². The fourth-order valence-corrected chi connectivity index (χ4v) is 5.29. The van der Waals surface area contributed by atoms with Crippen molar-refractivity contribution in [3.63, 3.8) is 0 Å². The van der Waals surface area contributed by atoms with Gasteiger partial charge in [0.15, 0.2) is 0 Å². The quantitative estimate of drug-likeness (QED) is 0.207. The smallest absolute Gasteiger partial charge is 0.227 e. The second-order valence-electron chi connectivity index (χ2n) is 9.73. The van der Waals surface area contributed by atoms with Gasteiger partial charge in [0.2, 0.25) is 5.91 Å². The summed E-state index contributed by atoms with van der Waals surface area (Å²) < 4.78 is 0. The molecule has 1 amide bonds. The Kier molecular flexibility index (Phi) is 5.44. The first-order valence-corrected chi connectivity index (χ1v) is 13.6. The number of carbonyl (C=O) groups excluding carboxylic acids is 1. The number of H-pyrrole nitrogens is 2. The number of allylic oxidation sites excluding steroid dienone is 4. The van der Waals surface area contributed by atoms with Gasteiger partial charge in [0, 0.05) is 40.5 Å². The van der Waals surface area contributed by atoms with Crippen molar-refractivity contribution < 1.29 is 4.79 Å². The third kappa shape index (κ3) is 4.31. The molecule has 0 unspecified atom stereocenters. The number of hydrogen-bond donors (Lipinski definition) is 4. The molecule has 5 N–H and O–H groups in total.